The van der Waals surface area contributed by atoms with Crippen molar-refractivity contribution in [1.29, 1.82) is 0 Å². The summed E-state index contributed by atoms with van der Waals surface area (Å²) < 4.78 is 0. The molecule has 0 aliphatic carbocycles. The van der Waals surface area contributed by atoms with E-state index in [2.05, 4.69) is 20.8 Å². The van der Waals surface area contributed by atoms with Crippen molar-refractivity contribution in [3.63, 3.8) is 0 Å². The molecule has 2 rings (SSSR count). The van der Waals surface area contributed by atoms with Gasteiger partial charge in [0.05, 0.1) is 6.21 Å². The number of thiocarbonyl (C=S) groups is 1. The zero-order valence-electron chi connectivity index (χ0n) is 10.3. The summed E-state index contributed by atoms with van der Waals surface area (Å²) in [5.41, 5.74) is 4.85. The first-order valence-corrected chi connectivity index (χ1v) is 6.26. The molecule has 0 spiro atoms. The van der Waals surface area contributed by atoms with Crippen molar-refractivity contribution in [3.05, 3.63) is 66.0 Å². The summed E-state index contributed by atoms with van der Waals surface area (Å²) in [7, 11) is 0. The highest BCUT2D eigenvalue weighted by Crippen LogP contribution is 1.96. The van der Waals surface area contributed by atoms with Gasteiger partial charge in [-0.3, -0.25) is 10.4 Å². The van der Waals surface area contributed by atoms with E-state index in [1.165, 1.54) is 5.56 Å². The Labute approximate surface area is 117 Å². The predicted octanol–water partition coefficient (Wildman–Crippen LogP) is 2.08. The number of hydrogen-bond donors (Lipinski definition) is 2. The zero-order valence-corrected chi connectivity index (χ0v) is 11.1. The number of hydrogen-bond acceptors (Lipinski definition) is 3. The number of nitrogens with zero attached hydrogens (tertiary/aromatic N) is 2. The van der Waals surface area contributed by atoms with Crippen LogP contribution < -0.4 is 10.7 Å². The normalized spacial score (nSPS) is 10.3. The molecule has 96 valence electrons. The van der Waals surface area contributed by atoms with Crippen LogP contribution in [0, 0.1) is 0 Å². The number of aromatic nitrogens is 1. The van der Waals surface area contributed by atoms with Gasteiger partial charge >= 0.3 is 0 Å². The summed E-state index contributed by atoms with van der Waals surface area (Å²) in [6.07, 6.45) is 5.12. The molecule has 0 saturated heterocycles. The van der Waals surface area contributed by atoms with Crippen LogP contribution in [-0.4, -0.2) is 16.3 Å². The molecule has 0 bridgehead atoms. The molecule has 0 radical (unpaired) electrons. The molecule has 2 aromatic rings. The average molecular weight is 270 g/mol. The molecule has 0 fully saturated rings. The molecule has 19 heavy (non-hydrogen) atoms. The van der Waals surface area contributed by atoms with Gasteiger partial charge in [-0.05, 0) is 23.8 Å². The van der Waals surface area contributed by atoms with E-state index in [0.717, 1.165) is 5.56 Å². The minimum Gasteiger partial charge on any atom is -0.357 e. The number of rotatable bonds is 4. The van der Waals surface area contributed by atoms with Crippen LogP contribution in [0.4, 0.5) is 0 Å². The molecule has 1 aromatic carbocycles. The smallest absolute Gasteiger partial charge is 0.187 e. The van der Waals surface area contributed by atoms with E-state index in [9.17, 15) is 0 Å². The van der Waals surface area contributed by atoms with Gasteiger partial charge in [0.25, 0.3) is 0 Å². The highest BCUT2D eigenvalue weighted by atomic mass is 32.1. The van der Waals surface area contributed by atoms with Crippen LogP contribution >= 0.6 is 12.2 Å². The van der Waals surface area contributed by atoms with E-state index in [1.54, 1.807) is 18.6 Å². The van der Waals surface area contributed by atoms with E-state index in [-0.39, 0.29) is 0 Å². The van der Waals surface area contributed by atoms with Crippen LogP contribution in [0.3, 0.4) is 0 Å². The first kappa shape index (κ1) is 13.2. The van der Waals surface area contributed by atoms with Gasteiger partial charge in [0.15, 0.2) is 5.11 Å². The fourth-order valence-corrected chi connectivity index (χ4v) is 1.56. The van der Waals surface area contributed by atoms with Crippen LogP contribution in [0.25, 0.3) is 0 Å². The maximum Gasteiger partial charge on any atom is 0.187 e. The van der Waals surface area contributed by atoms with Gasteiger partial charge in [-0.1, -0.05) is 36.4 Å². The molecule has 1 heterocycles. The summed E-state index contributed by atoms with van der Waals surface area (Å²) in [4.78, 5) is 3.99. The van der Waals surface area contributed by atoms with Crippen LogP contribution in [-0.2, 0) is 6.54 Å². The fourth-order valence-electron chi connectivity index (χ4n) is 1.44. The first-order chi connectivity index (χ1) is 9.34. The standard InChI is InChI=1S/C14H14N4S/c19-14(16-10-12-5-2-1-3-6-12)18-17-11-13-7-4-8-15-9-13/h1-9,11H,10H2,(H2,16,18,19)/b17-11+. The van der Waals surface area contributed by atoms with E-state index < -0.39 is 0 Å². The van der Waals surface area contributed by atoms with Crippen LogP contribution in [0.5, 0.6) is 0 Å². The minimum atomic E-state index is 0.490. The molecule has 2 N–H and O–H groups in total. The lowest BCUT2D eigenvalue weighted by atomic mass is 10.2. The van der Waals surface area contributed by atoms with Crippen LogP contribution in [0.2, 0.25) is 0 Å². The largest absolute Gasteiger partial charge is 0.357 e. The molecule has 0 aliphatic rings. The van der Waals surface area contributed by atoms with Crippen molar-refractivity contribution in [2.75, 3.05) is 0 Å². The second-order valence-corrected chi connectivity index (χ2v) is 4.23. The lowest BCUT2D eigenvalue weighted by Crippen LogP contribution is -2.31. The Balaban J connectivity index is 1.75. The number of hydrazone groups is 1. The monoisotopic (exact) mass is 270 g/mol. The van der Waals surface area contributed by atoms with Gasteiger partial charge in [-0.15, -0.1) is 0 Å². The molecule has 0 amide bonds. The van der Waals surface area contributed by atoms with Crippen molar-refractivity contribution in [2.45, 2.75) is 6.54 Å². The van der Waals surface area contributed by atoms with Crippen molar-refractivity contribution in [2.24, 2.45) is 5.10 Å². The molecular weight excluding hydrogens is 256 g/mol. The van der Waals surface area contributed by atoms with E-state index in [1.807, 2.05) is 42.5 Å². The third kappa shape index (κ3) is 4.85. The van der Waals surface area contributed by atoms with Crippen molar-refractivity contribution in [3.8, 4) is 0 Å². The number of pyridine rings is 1. The van der Waals surface area contributed by atoms with E-state index >= 15 is 0 Å². The van der Waals surface area contributed by atoms with Gasteiger partial charge in [0, 0.05) is 24.5 Å². The summed E-state index contributed by atoms with van der Waals surface area (Å²) in [6.45, 7) is 0.676. The molecule has 4 nitrogen and oxygen atoms in total. The van der Waals surface area contributed by atoms with Crippen LogP contribution in [0.1, 0.15) is 11.1 Å². The van der Waals surface area contributed by atoms with Gasteiger partial charge in [-0.2, -0.15) is 5.10 Å². The lowest BCUT2D eigenvalue weighted by Gasteiger charge is -2.06. The van der Waals surface area contributed by atoms with Crippen LogP contribution in [0.15, 0.2) is 60.0 Å². The third-order valence-electron chi connectivity index (χ3n) is 2.36. The summed E-state index contributed by atoms with van der Waals surface area (Å²) in [5.74, 6) is 0. The maximum absolute atomic E-state index is 5.12. The second kappa shape index (κ2) is 7.23. The van der Waals surface area contributed by atoms with Gasteiger partial charge in [-0.25, -0.2) is 0 Å². The first-order valence-electron chi connectivity index (χ1n) is 5.85. The SMILES string of the molecule is S=C(NCc1ccccc1)N/N=C/c1cccnc1. The van der Waals surface area contributed by atoms with E-state index in [4.69, 9.17) is 12.2 Å². The Morgan fingerprint density at radius 2 is 2.05 bits per heavy atom. The summed E-state index contributed by atoms with van der Waals surface area (Å²) >= 11 is 5.12. The topological polar surface area (TPSA) is 49.3 Å². The maximum atomic E-state index is 5.12. The summed E-state index contributed by atoms with van der Waals surface area (Å²) in [6, 6.07) is 13.8. The Morgan fingerprint density at radius 3 is 2.79 bits per heavy atom. The Bertz CT molecular complexity index is 540. The Kier molecular flexibility index (Phi) is 5.01. The Hall–Kier alpha value is -2.27. The zero-order chi connectivity index (χ0) is 13.3. The van der Waals surface area contributed by atoms with E-state index in [0.29, 0.717) is 11.7 Å². The molecule has 0 atom stereocenters. The average Bonchev–Trinajstić information content (AvgIpc) is 2.47. The highest BCUT2D eigenvalue weighted by molar-refractivity contribution is 7.80. The second-order valence-electron chi connectivity index (χ2n) is 3.82. The number of benzene rings is 1. The quantitative estimate of drug-likeness (QED) is 0.507. The summed E-state index contributed by atoms with van der Waals surface area (Å²) in [5, 5.41) is 7.60. The third-order valence-corrected chi connectivity index (χ3v) is 2.60. The Morgan fingerprint density at radius 1 is 1.21 bits per heavy atom. The predicted molar refractivity (Wildman–Crippen MR) is 80.8 cm³/mol. The molecule has 1 aromatic heterocycles. The lowest BCUT2D eigenvalue weighted by molar-refractivity contribution is 0.869. The van der Waals surface area contributed by atoms with Gasteiger partial charge in [0.1, 0.15) is 0 Å². The van der Waals surface area contributed by atoms with Crippen molar-refractivity contribution in [1.82, 2.24) is 15.7 Å². The van der Waals surface area contributed by atoms with Crippen molar-refractivity contribution >= 4 is 23.5 Å². The number of nitrogens with one attached hydrogen (secondary N) is 2. The van der Waals surface area contributed by atoms with Crippen molar-refractivity contribution < 1.29 is 0 Å². The van der Waals surface area contributed by atoms with Gasteiger partial charge < -0.3 is 5.32 Å². The molecule has 0 saturated carbocycles. The molecule has 0 unspecified atom stereocenters. The van der Waals surface area contributed by atoms with Gasteiger partial charge in [0.2, 0.25) is 0 Å². The highest BCUT2D eigenvalue weighted by Gasteiger charge is 1.94. The molecule has 5 heteroatoms. The molecular formula is C14H14N4S. The molecule has 0 aliphatic heterocycles. The minimum absolute atomic E-state index is 0.490. The fraction of sp³-hybridized carbons (Fsp3) is 0.0714.